The van der Waals surface area contributed by atoms with Gasteiger partial charge in [-0.3, -0.25) is 4.79 Å². The van der Waals surface area contributed by atoms with E-state index in [2.05, 4.69) is 0 Å². The zero-order chi connectivity index (χ0) is 16.2. The highest BCUT2D eigenvalue weighted by Crippen LogP contribution is 2.25. The van der Waals surface area contributed by atoms with Crippen LogP contribution in [-0.4, -0.2) is 29.2 Å². The summed E-state index contributed by atoms with van der Waals surface area (Å²) in [6.45, 7) is 3.62. The normalized spacial score (nSPS) is 13.1. The van der Waals surface area contributed by atoms with E-state index in [-0.39, 0.29) is 19.0 Å². The van der Waals surface area contributed by atoms with Gasteiger partial charge in [0.25, 0.3) is 0 Å². The van der Waals surface area contributed by atoms with E-state index in [4.69, 9.17) is 11.6 Å². The molecule has 0 N–H and O–H groups in total. The largest absolute Gasteiger partial charge is 0.337 e. The number of benzene rings is 1. The molecule has 0 aliphatic rings. The molecule has 0 saturated carbocycles. The second kappa shape index (κ2) is 7.16. The van der Waals surface area contributed by atoms with Crippen molar-refractivity contribution in [3.8, 4) is 0 Å². The summed E-state index contributed by atoms with van der Waals surface area (Å²) in [6.07, 6.45) is 0. The fourth-order valence-corrected chi connectivity index (χ4v) is 2.06. The Labute approximate surface area is 127 Å². The molecule has 118 valence electrons. The second-order valence-corrected chi connectivity index (χ2v) is 5.57. The minimum atomic E-state index is -2.92. The highest BCUT2D eigenvalue weighted by Gasteiger charge is 2.32. The van der Waals surface area contributed by atoms with Gasteiger partial charge in [-0.2, -0.15) is 0 Å². The molecular formula is C15H19ClF3NO. The Morgan fingerprint density at radius 1 is 1.43 bits per heavy atom. The lowest BCUT2D eigenvalue weighted by Crippen LogP contribution is -2.40. The molecular weight excluding hydrogens is 303 g/mol. The van der Waals surface area contributed by atoms with Crippen LogP contribution in [0.1, 0.15) is 25.0 Å². The second-order valence-electron chi connectivity index (χ2n) is 5.30. The first-order valence-corrected chi connectivity index (χ1v) is 7.15. The van der Waals surface area contributed by atoms with E-state index in [0.717, 1.165) is 6.92 Å². The molecule has 0 saturated heterocycles. The molecule has 0 spiro atoms. The van der Waals surface area contributed by atoms with Gasteiger partial charge in [0.2, 0.25) is 11.8 Å². The fraction of sp³-hybridized carbons (Fsp3) is 0.533. The molecule has 0 aliphatic carbocycles. The van der Waals surface area contributed by atoms with Gasteiger partial charge in [0.15, 0.2) is 0 Å². The van der Waals surface area contributed by atoms with Gasteiger partial charge >= 0.3 is 0 Å². The van der Waals surface area contributed by atoms with Crippen LogP contribution in [0.3, 0.4) is 0 Å². The SMILES string of the molecule is Cc1cccc(F)c1CN(CC(C)C(C)(F)F)C(=O)CCl. The van der Waals surface area contributed by atoms with Crippen LogP contribution < -0.4 is 0 Å². The molecule has 6 heteroatoms. The van der Waals surface area contributed by atoms with Crippen molar-refractivity contribution in [1.82, 2.24) is 4.90 Å². The van der Waals surface area contributed by atoms with Crippen molar-refractivity contribution in [2.75, 3.05) is 12.4 Å². The van der Waals surface area contributed by atoms with Crippen LogP contribution in [0.4, 0.5) is 13.2 Å². The lowest BCUT2D eigenvalue weighted by Gasteiger charge is -2.29. The maximum absolute atomic E-state index is 13.8. The highest BCUT2D eigenvalue weighted by molar-refractivity contribution is 6.27. The van der Waals surface area contributed by atoms with Gasteiger partial charge in [0, 0.05) is 24.6 Å². The average Bonchev–Trinajstić information content (AvgIpc) is 2.39. The van der Waals surface area contributed by atoms with Gasteiger partial charge in [0.1, 0.15) is 11.7 Å². The molecule has 1 atom stereocenters. The third-order valence-electron chi connectivity index (χ3n) is 3.53. The van der Waals surface area contributed by atoms with Crippen LogP contribution in [0, 0.1) is 18.7 Å². The van der Waals surface area contributed by atoms with Crippen molar-refractivity contribution in [3.05, 3.63) is 35.1 Å². The van der Waals surface area contributed by atoms with Crippen LogP contribution in [0.15, 0.2) is 18.2 Å². The summed E-state index contributed by atoms with van der Waals surface area (Å²) in [6, 6.07) is 4.55. The summed E-state index contributed by atoms with van der Waals surface area (Å²) in [5.41, 5.74) is 0.987. The van der Waals surface area contributed by atoms with Gasteiger partial charge in [-0.25, -0.2) is 13.2 Å². The molecule has 1 unspecified atom stereocenters. The van der Waals surface area contributed by atoms with Crippen molar-refractivity contribution in [2.45, 2.75) is 33.2 Å². The first-order chi connectivity index (χ1) is 9.66. The maximum Gasteiger partial charge on any atom is 0.249 e. The Hall–Kier alpha value is -1.23. The lowest BCUT2D eigenvalue weighted by molar-refractivity contribution is -0.131. The lowest BCUT2D eigenvalue weighted by atomic mass is 10.0. The first-order valence-electron chi connectivity index (χ1n) is 6.62. The minimum absolute atomic E-state index is 0.0650. The number of nitrogens with zero attached hydrogens (tertiary/aromatic N) is 1. The fourth-order valence-electron chi connectivity index (χ4n) is 1.89. The molecule has 1 amide bonds. The van der Waals surface area contributed by atoms with Crippen LogP contribution in [0.25, 0.3) is 0 Å². The highest BCUT2D eigenvalue weighted by atomic mass is 35.5. The van der Waals surface area contributed by atoms with E-state index in [9.17, 15) is 18.0 Å². The number of carbonyl (C=O) groups is 1. The molecule has 0 radical (unpaired) electrons. The van der Waals surface area contributed by atoms with Gasteiger partial charge in [0.05, 0.1) is 0 Å². The number of halogens is 4. The number of aryl methyl sites for hydroxylation is 1. The van der Waals surface area contributed by atoms with Crippen LogP contribution >= 0.6 is 11.6 Å². The van der Waals surface area contributed by atoms with Crippen molar-refractivity contribution in [1.29, 1.82) is 0 Å². The van der Waals surface area contributed by atoms with Crippen LogP contribution in [0.2, 0.25) is 0 Å². The smallest absolute Gasteiger partial charge is 0.249 e. The molecule has 1 rings (SSSR count). The van der Waals surface area contributed by atoms with E-state index >= 15 is 0 Å². The molecule has 0 fully saturated rings. The van der Waals surface area contributed by atoms with E-state index in [1.807, 2.05) is 0 Å². The Balaban J connectivity index is 2.97. The van der Waals surface area contributed by atoms with Crippen molar-refractivity contribution in [2.24, 2.45) is 5.92 Å². The molecule has 0 bridgehead atoms. The van der Waals surface area contributed by atoms with Gasteiger partial charge < -0.3 is 4.90 Å². The number of amides is 1. The molecule has 21 heavy (non-hydrogen) atoms. The Kier molecular flexibility index (Phi) is 6.08. The maximum atomic E-state index is 13.8. The molecule has 0 heterocycles. The van der Waals surface area contributed by atoms with Gasteiger partial charge in [-0.05, 0) is 25.5 Å². The van der Waals surface area contributed by atoms with Crippen molar-refractivity contribution >= 4 is 17.5 Å². The number of carbonyl (C=O) groups excluding carboxylic acids is 1. The standard InChI is InChI=1S/C15H19ClF3NO/c1-10-5-4-6-13(17)12(10)9-20(14(21)7-16)8-11(2)15(3,18)19/h4-6,11H,7-9H2,1-3H3. The predicted octanol–water partition coefficient (Wildman–Crippen LogP) is 3.99. The number of alkyl halides is 3. The summed E-state index contributed by atoms with van der Waals surface area (Å²) in [7, 11) is 0. The summed E-state index contributed by atoms with van der Waals surface area (Å²) in [5, 5.41) is 0. The Morgan fingerprint density at radius 3 is 2.52 bits per heavy atom. The van der Waals surface area contributed by atoms with E-state index < -0.39 is 23.6 Å². The summed E-state index contributed by atoms with van der Waals surface area (Å²) < 4.78 is 40.4. The first kappa shape index (κ1) is 17.8. The quantitative estimate of drug-likeness (QED) is 0.725. The van der Waals surface area contributed by atoms with Crippen molar-refractivity contribution < 1.29 is 18.0 Å². The molecule has 0 aliphatic heterocycles. The molecule has 1 aromatic rings. The number of hydrogen-bond acceptors (Lipinski definition) is 1. The molecule has 1 aromatic carbocycles. The zero-order valence-corrected chi connectivity index (χ0v) is 13.1. The van der Waals surface area contributed by atoms with Crippen LogP contribution in [0.5, 0.6) is 0 Å². The Bertz CT molecular complexity index is 482. The average molecular weight is 322 g/mol. The van der Waals surface area contributed by atoms with Gasteiger partial charge in [-0.15, -0.1) is 11.6 Å². The minimum Gasteiger partial charge on any atom is -0.337 e. The third-order valence-corrected chi connectivity index (χ3v) is 3.76. The number of hydrogen-bond donors (Lipinski definition) is 0. The van der Waals surface area contributed by atoms with Crippen molar-refractivity contribution in [3.63, 3.8) is 0 Å². The van der Waals surface area contributed by atoms with E-state index in [1.165, 1.54) is 17.9 Å². The topological polar surface area (TPSA) is 20.3 Å². The predicted molar refractivity (Wildman–Crippen MR) is 77.1 cm³/mol. The van der Waals surface area contributed by atoms with Crippen LogP contribution in [-0.2, 0) is 11.3 Å². The monoisotopic (exact) mass is 321 g/mol. The third kappa shape index (κ3) is 4.92. The molecule has 0 aromatic heterocycles. The number of rotatable bonds is 6. The zero-order valence-electron chi connectivity index (χ0n) is 12.3. The van der Waals surface area contributed by atoms with E-state index in [1.54, 1.807) is 19.1 Å². The summed E-state index contributed by atoms with van der Waals surface area (Å²) in [4.78, 5) is 13.0. The summed E-state index contributed by atoms with van der Waals surface area (Å²) in [5.74, 6) is -5.24. The van der Waals surface area contributed by atoms with Gasteiger partial charge in [-0.1, -0.05) is 19.1 Å². The molecule has 2 nitrogen and oxygen atoms in total. The summed E-state index contributed by atoms with van der Waals surface area (Å²) >= 11 is 5.52. The van der Waals surface area contributed by atoms with E-state index in [0.29, 0.717) is 11.1 Å². The Morgan fingerprint density at radius 2 is 2.05 bits per heavy atom.